The fourth-order valence-electron chi connectivity index (χ4n) is 3.81. The minimum Gasteiger partial charge on any atom is -0.333 e. The first-order valence-corrected chi connectivity index (χ1v) is 11.4. The van der Waals surface area contributed by atoms with Crippen molar-refractivity contribution < 1.29 is 4.79 Å². The quantitative estimate of drug-likeness (QED) is 0.380. The fourth-order valence-corrected chi connectivity index (χ4v) is 4.83. The number of aromatic nitrogens is 5. The van der Waals surface area contributed by atoms with E-state index >= 15 is 0 Å². The second-order valence-electron chi connectivity index (χ2n) is 7.61. The molecule has 0 aliphatic carbocycles. The summed E-state index contributed by atoms with van der Waals surface area (Å²) >= 11 is 1.33. The van der Waals surface area contributed by atoms with Gasteiger partial charge in [-0.2, -0.15) is 0 Å². The zero-order valence-electron chi connectivity index (χ0n) is 18.4. The molecule has 3 heterocycles. The largest absolute Gasteiger partial charge is 0.333 e. The lowest BCUT2D eigenvalue weighted by atomic mass is 10.1. The molecule has 10 heteroatoms. The molecule has 0 saturated heterocycles. The highest BCUT2D eigenvalue weighted by molar-refractivity contribution is 7.19. The van der Waals surface area contributed by atoms with Crippen molar-refractivity contribution in [1.29, 1.82) is 0 Å². The van der Waals surface area contributed by atoms with E-state index in [9.17, 15) is 14.4 Å². The van der Waals surface area contributed by atoms with E-state index in [0.29, 0.717) is 28.3 Å². The monoisotopic (exact) mass is 472 g/mol. The molecular formula is C24H20N6O3S. The zero-order valence-corrected chi connectivity index (χ0v) is 19.2. The van der Waals surface area contributed by atoms with Gasteiger partial charge in [-0.1, -0.05) is 41.7 Å². The van der Waals surface area contributed by atoms with Crippen LogP contribution in [0.15, 0.2) is 70.5 Å². The Labute approximate surface area is 197 Å². The van der Waals surface area contributed by atoms with Crippen LogP contribution in [0.4, 0.5) is 5.13 Å². The Morgan fingerprint density at radius 1 is 1.15 bits per heavy atom. The molecule has 0 bridgehead atoms. The summed E-state index contributed by atoms with van der Waals surface area (Å²) in [6, 6.07) is 14.5. The Kier molecular flexibility index (Phi) is 5.42. The summed E-state index contributed by atoms with van der Waals surface area (Å²) < 4.78 is 3.28. The number of thiazole rings is 1. The number of fused-ring (bicyclic) bond motifs is 1. The number of benzene rings is 2. The maximum Gasteiger partial charge on any atom is 0.316 e. The molecule has 34 heavy (non-hydrogen) atoms. The minimum absolute atomic E-state index is 0.333. The summed E-state index contributed by atoms with van der Waals surface area (Å²) in [6.45, 7) is 2.13. The molecule has 5 rings (SSSR count). The summed E-state index contributed by atoms with van der Waals surface area (Å²) in [7, 11) is 1.90. The first-order chi connectivity index (χ1) is 16.5. The van der Waals surface area contributed by atoms with Crippen LogP contribution in [0, 0.1) is 0 Å². The van der Waals surface area contributed by atoms with E-state index in [1.54, 1.807) is 31.3 Å². The maximum absolute atomic E-state index is 13.0. The van der Waals surface area contributed by atoms with Crippen LogP contribution in [0.1, 0.15) is 17.3 Å². The normalized spacial score (nSPS) is 11.1. The van der Waals surface area contributed by atoms with Gasteiger partial charge in [-0.25, -0.2) is 9.97 Å². The lowest BCUT2D eigenvalue weighted by molar-refractivity contribution is 0.102. The number of carbonyl (C=O) groups is 1. The average molecular weight is 473 g/mol. The Hall–Kier alpha value is -4.31. The number of anilines is 1. The number of aromatic amines is 1. The Morgan fingerprint density at radius 3 is 2.65 bits per heavy atom. The van der Waals surface area contributed by atoms with Gasteiger partial charge in [0.2, 0.25) is 0 Å². The average Bonchev–Trinajstić information content (AvgIpc) is 3.46. The standard InChI is InChI=1S/C24H20N6O3S/c1-3-30-17-10-9-15(13-16(17)26-22(32)23(30)33)21(31)28-24-27-18(14-7-5-4-6-8-14)19(34-24)20-25-11-12-29(20)2/h4-13H,3H2,1-2H3,(H,26,32)(H,27,28,31). The molecular weight excluding hydrogens is 452 g/mol. The molecule has 1 amide bonds. The molecule has 0 spiro atoms. The molecule has 0 atom stereocenters. The van der Waals surface area contributed by atoms with Crippen molar-refractivity contribution in [2.45, 2.75) is 13.5 Å². The van der Waals surface area contributed by atoms with Crippen molar-refractivity contribution in [2.24, 2.45) is 7.05 Å². The second-order valence-corrected chi connectivity index (χ2v) is 8.61. The van der Waals surface area contributed by atoms with Crippen LogP contribution >= 0.6 is 11.3 Å². The van der Waals surface area contributed by atoms with E-state index in [1.165, 1.54) is 15.9 Å². The van der Waals surface area contributed by atoms with Crippen LogP contribution in [0.3, 0.4) is 0 Å². The maximum atomic E-state index is 13.0. The summed E-state index contributed by atoms with van der Waals surface area (Å²) in [5, 5.41) is 3.29. The number of H-pyrrole nitrogens is 1. The summed E-state index contributed by atoms with van der Waals surface area (Å²) in [6.07, 6.45) is 3.57. The first kappa shape index (κ1) is 21.5. The topological polar surface area (TPSA) is 115 Å². The van der Waals surface area contributed by atoms with Gasteiger partial charge in [-0.05, 0) is 25.1 Å². The van der Waals surface area contributed by atoms with Gasteiger partial charge in [0.1, 0.15) is 0 Å². The number of nitrogens with one attached hydrogen (secondary N) is 2. The first-order valence-electron chi connectivity index (χ1n) is 10.6. The third-order valence-corrected chi connectivity index (χ3v) is 6.44. The van der Waals surface area contributed by atoms with Gasteiger partial charge in [0, 0.05) is 37.1 Å². The molecule has 3 aromatic heterocycles. The van der Waals surface area contributed by atoms with Crippen LogP contribution in [0.25, 0.3) is 33.0 Å². The van der Waals surface area contributed by atoms with Gasteiger partial charge in [0.05, 0.1) is 21.6 Å². The van der Waals surface area contributed by atoms with E-state index in [-0.39, 0.29) is 5.91 Å². The highest BCUT2D eigenvalue weighted by Crippen LogP contribution is 2.38. The molecule has 0 fully saturated rings. The molecule has 0 saturated carbocycles. The van der Waals surface area contributed by atoms with Crippen molar-refractivity contribution >= 4 is 33.4 Å². The summed E-state index contributed by atoms with van der Waals surface area (Å²) in [5.41, 5.74) is 1.60. The minimum atomic E-state index is -0.723. The van der Waals surface area contributed by atoms with Gasteiger partial charge in [-0.15, -0.1) is 0 Å². The van der Waals surface area contributed by atoms with Gasteiger partial charge in [-0.3, -0.25) is 19.7 Å². The van der Waals surface area contributed by atoms with Crippen molar-refractivity contribution in [2.75, 3.05) is 5.32 Å². The number of carbonyl (C=O) groups excluding carboxylic acids is 1. The molecule has 2 aromatic carbocycles. The van der Waals surface area contributed by atoms with Crippen LogP contribution in [-0.4, -0.2) is 30.0 Å². The van der Waals surface area contributed by atoms with E-state index in [1.807, 2.05) is 48.1 Å². The number of aryl methyl sites for hydroxylation is 2. The molecule has 0 aliphatic heterocycles. The molecule has 2 N–H and O–H groups in total. The van der Waals surface area contributed by atoms with Crippen LogP contribution in [0.5, 0.6) is 0 Å². The number of rotatable bonds is 5. The van der Waals surface area contributed by atoms with Crippen molar-refractivity contribution in [3.8, 4) is 22.0 Å². The Morgan fingerprint density at radius 2 is 1.94 bits per heavy atom. The van der Waals surface area contributed by atoms with Crippen molar-refractivity contribution in [1.82, 2.24) is 24.1 Å². The number of hydrogen-bond acceptors (Lipinski definition) is 6. The van der Waals surface area contributed by atoms with Crippen LogP contribution < -0.4 is 16.4 Å². The lowest BCUT2D eigenvalue weighted by Gasteiger charge is -2.08. The smallest absolute Gasteiger partial charge is 0.316 e. The Balaban J connectivity index is 1.53. The molecule has 0 aliphatic rings. The van der Waals surface area contributed by atoms with Crippen LogP contribution in [0.2, 0.25) is 0 Å². The van der Waals surface area contributed by atoms with Crippen molar-refractivity contribution in [3.63, 3.8) is 0 Å². The highest BCUT2D eigenvalue weighted by Gasteiger charge is 2.20. The van der Waals surface area contributed by atoms with Gasteiger partial charge >= 0.3 is 11.1 Å². The predicted molar refractivity (Wildman–Crippen MR) is 132 cm³/mol. The van der Waals surface area contributed by atoms with E-state index in [4.69, 9.17) is 0 Å². The van der Waals surface area contributed by atoms with E-state index < -0.39 is 11.1 Å². The Bertz CT molecular complexity index is 1650. The highest BCUT2D eigenvalue weighted by atomic mass is 32.1. The molecule has 170 valence electrons. The predicted octanol–water partition coefficient (Wildman–Crippen LogP) is 3.49. The van der Waals surface area contributed by atoms with Gasteiger partial charge in [0.15, 0.2) is 11.0 Å². The summed E-state index contributed by atoms with van der Waals surface area (Å²) in [4.78, 5) is 49.6. The SMILES string of the molecule is CCn1c(=O)c(=O)[nH]c2cc(C(=O)Nc3nc(-c4ccccc4)c(-c4nccn4C)s3)ccc21. The second kappa shape index (κ2) is 8.56. The van der Waals surface area contributed by atoms with Gasteiger partial charge < -0.3 is 14.1 Å². The fraction of sp³-hybridized carbons (Fsp3) is 0.125. The van der Waals surface area contributed by atoms with Gasteiger partial charge in [0.25, 0.3) is 5.91 Å². The summed E-state index contributed by atoms with van der Waals surface area (Å²) in [5.74, 6) is 0.370. The number of imidazole rings is 1. The third-order valence-electron chi connectivity index (χ3n) is 5.47. The zero-order chi connectivity index (χ0) is 23.8. The molecule has 0 unspecified atom stereocenters. The molecule has 9 nitrogen and oxygen atoms in total. The van der Waals surface area contributed by atoms with Crippen LogP contribution in [-0.2, 0) is 13.6 Å². The molecule has 0 radical (unpaired) electrons. The van der Waals surface area contributed by atoms with E-state index in [0.717, 1.165) is 22.0 Å². The number of hydrogen-bond donors (Lipinski definition) is 2. The number of nitrogens with zero attached hydrogens (tertiary/aromatic N) is 4. The molecule has 5 aromatic rings. The van der Waals surface area contributed by atoms with Crippen molar-refractivity contribution in [3.05, 3.63) is 87.2 Å². The third kappa shape index (κ3) is 3.73. The lowest BCUT2D eigenvalue weighted by Crippen LogP contribution is -2.36. The van der Waals surface area contributed by atoms with E-state index in [2.05, 4.69) is 20.3 Å². The number of amides is 1.